The number of aryl methyl sites for hydroxylation is 2. The van der Waals surface area contributed by atoms with E-state index in [1.54, 1.807) is 11.6 Å². The van der Waals surface area contributed by atoms with Crippen LogP contribution in [0.4, 0.5) is 11.8 Å². The van der Waals surface area contributed by atoms with E-state index >= 15 is 0 Å². The Hall–Kier alpha value is -4.47. The van der Waals surface area contributed by atoms with Crippen LogP contribution in [0.5, 0.6) is 5.75 Å². The van der Waals surface area contributed by atoms with Crippen molar-refractivity contribution < 1.29 is 14.3 Å². The van der Waals surface area contributed by atoms with Crippen LogP contribution < -0.4 is 15.4 Å². The third-order valence-electron chi connectivity index (χ3n) is 6.74. The maximum absolute atomic E-state index is 12.8. The maximum Gasteiger partial charge on any atom is 0.328 e. The lowest BCUT2D eigenvalue weighted by atomic mass is 10.1. The number of hydrogen-bond donors (Lipinski definition) is 2. The summed E-state index contributed by atoms with van der Waals surface area (Å²) >= 11 is 0. The van der Waals surface area contributed by atoms with Gasteiger partial charge in [-0.1, -0.05) is 53.6 Å². The molecule has 0 bridgehead atoms. The highest BCUT2D eigenvalue weighted by atomic mass is 16.5. The second-order valence-corrected chi connectivity index (χ2v) is 9.74. The summed E-state index contributed by atoms with van der Waals surface area (Å²) in [5.41, 5.74) is 4.40. The summed E-state index contributed by atoms with van der Waals surface area (Å²) in [5.74, 6) is 1.87. The first-order chi connectivity index (χ1) is 19.7. The van der Waals surface area contributed by atoms with E-state index in [4.69, 9.17) is 14.5 Å². The summed E-state index contributed by atoms with van der Waals surface area (Å²) in [6, 6.07) is 21.3. The molecular weight excluding hydrogens is 506 g/mol. The zero-order chi connectivity index (χ0) is 27.6. The van der Waals surface area contributed by atoms with Gasteiger partial charge in [-0.15, -0.1) is 0 Å². The Morgan fingerprint density at radius 3 is 2.75 bits per heavy atom. The fourth-order valence-corrected chi connectivity index (χ4v) is 4.67. The van der Waals surface area contributed by atoms with Crippen LogP contribution in [0, 0.1) is 0 Å². The first kappa shape index (κ1) is 27.1. The van der Waals surface area contributed by atoms with Gasteiger partial charge in [0.25, 0.3) is 0 Å². The van der Waals surface area contributed by atoms with E-state index < -0.39 is 6.04 Å². The molecule has 2 aromatic heterocycles. The van der Waals surface area contributed by atoms with Gasteiger partial charge in [0.1, 0.15) is 17.6 Å². The van der Waals surface area contributed by atoms with E-state index in [1.807, 2.05) is 54.6 Å². The van der Waals surface area contributed by atoms with Gasteiger partial charge in [0.05, 0.1) is 19.8 Å². The first-order valence-electron chi connectivity index (χ1n) is 13.9. The van der Waals surface area contributed by atoms with Gasteiger partial charge in [-0.25, -0.2) is 14.5 Å². The molecule has 2 N–H and O–H groups in total. The molecule has 0 aliphatic carbocycles. The van der Waals surface area contributed by atoms with Crippen LogP contribution >= 0.6 is 0 Å². The van der Waals surface area contributed by atoms with Crippen LogP contribution in [0.2, 0.25) is 0 Å². The van der Waals surface area contributed by atoms with Crippen LogP contribution in [0.15, 0.2) is 66.7 Å². The molecule has 1 aliphatic rings. The zero-order valence-corrected chi connectivity index (χ0v) is 22.8. The van der Waals surface area contributed by atoms with Crippen LogP contribution in [0.1, 0.15) is 42.1 Å². The summed E-state index contributed by atoms with van der Waals surface area (Å²) in [6.45, 7) is 4.15. The van der Waals surface area contributed by atoms with Crippen LogP contribution in [0.3, 0.4) is 0 Å². The summed E-state index contributed by atoms with van der Waals surface area (Å²) in [5, 5.41) is 18.5. The van der Waals surface area contributed by atoms with Crippen molar-refractivity contribution in [2.75, 3.05) is 30.4 Å². The number of tetrazole rings is 1. The van der Waals surface area contributed by atoms with E-state index in [2.05, 4.69) is 38.3 Å². The van der Waals surface area contributed by atoms with Gasteiger partial charge < -0.3 is 20.1 Å². The molecule has 3 heterocycles. The Morgan fingerprint density at radius 1 is 1.07 bits per heavy atom. The van der Waals surface area contributed by atoms with Crippen molar-refractivity contribution in [3.63, 3.8) is 0 Å². The molecule has 5 rings (SSSR count). The van der Waals surface area contributed by atoms with Crippen molar-refractivity contribution in [3.8, 4) is 5.75 Å². The number of nitrogens with one attached hydrogen (secondary N) is 2. The van der Waals surface area contributed by atoms with Crippen LogP contribution in [-0.4, -0.2) is 57.0 Å². The number of aromatic nitrogens is 5. The number of carbonyl (C=O) groups excluding carboxylic acids is 1. The van der Waals surface area contributed by atoms with Crippen molar-refractivity contribution in [1.82, 2.24) is 25.2 Å². The van der Waals surface area contributed by atoms with Crippen molar-refractivity contribution in [2.24, 2.45) is 0 Å². The van der Waals surface area contributed by atoms with Gasteiger partial charge in [-0.2, -0.15) is 0 Å². The SMILES string of the molecule is CCOC(=O)[C@H](Cc1ccc(OCCCc2ccc3c(n2)NCCC3)cc1)Nc1nnnn1Cc1ccccc1. The summed E-state index contributed by atoms with van der Waals surface area (Å²) < 4.78 is 12.9. The van der Waals surface area contributed by atoms with Gasteiger partial charge >= 0.3 is 5.97 Å². The normalized spacial score (nSPS) is 13.1. The number of rotatable bonds is 13. The molecule has 0 unspecified atom stereocenters. The molecular formula is C30H35N7O3. The average Bonchev–Trinajstić information content (AvgIpc) is 3.42. The molecule has 0 saturated heterocycles. The first-order valence-corrected chi connectivity index (χ1v) is 13.9. The Kier molecular flexibility index (Phi) is 9.18. The number of esters is 1. The number of anilines is 2. The highest BCUT2D eigenvalue weighted by Crippen LogP contribution is 2.21. The largest absolute Gasteiger partial charge is 0.494 e. The highest BCUT2D eigenvalue weighted by Gasteiger charge is 2.23. The minimum absolute atomic E-state index is 0.288. The summed E-state index contributed by atoms with van der Waals surface area (Å²) in [7, 11) is 0. The Bertz CT molecular complexity index is 1380. The molecule has 1 aliphatic heterocycles. The molecule has 40 heavy (non-hydrogen) atoms. The average molecular weight is 542 g/mol. The van der Waals surface area contributed by atoms with Gasteiger partial charge in [-0.3, -0.25) is 0 Å². The smallest absolute Gasteiger partial charge is 0.328 e. The molecule has 0 spiro atoms. The van der Waals surface area contributed by atoms with Gasteiger partial charge in [0.15, 0.2) is 0 Å². The number of carbonyl (C=O) groups is 1. The number of hydrogen-bond acceptors (Lipinski definition) is 9. The van der Waals surface area contributed by atoms with Crippen molar-refractivity contribution in [3.05, 3.63) is 89.1 Å². The number of ether oxygens (including phenoxy) is 2. The van der Waals surface area contributed by atoms with Gasteiger partial charge in [0, 0.05) is 18.7 Å². The number of nitrogens with zero attached hydrogens (tertiary/aromatic N) is 5. The molecule has 2 aromatic carbocycles. The molecule has 10 nitrogen and oxygen atoms in total. The monoisotopic (exact) mass is 541 g/mol. The molecule has 10 heteroatoms. The topological polar surface area (TPSA) is 116 Å². The summed E-state index contributed by atoms with van der Waals surface area (Å²) in [6.07, 6.45) is 4.41. The fourth-order valence-electron chi connectivity index (χ4n) is 4.67. The van der Waals surface area contributed by atoms with E-state index in [0.29, 0.717) is 25.5 Å². The second-order valence-electron chi connectivity index (χ2n) is 9.74. The predicted molar refractivity (Wildman–Crippen MR) is 152 cm³/mol. The van der Waals surface area contributed by atoms with Crippen LogP contribution in [0.25, 0.3) is 0 Å². The third-order valence-corrected chi connectivity index (χ3v) is 6.74. The molecule has 0 fully saturated rings. The molecule has 0 amide bonds. The van der Waals surface area contributed by atoms with E-state index in [-0.39, 0.29) is 12.6 Å². The predicted octanol–water partition coefficient (Wildman–Crippen LogP) is 4.07. The van der Waals surface area contributed by atoms with Gasteiger partial charge in [0.2, 0.25) is 5.95 Å². The van der Waals surface area contributed by atoms with Crippen molar-refractivity contribution >= 4 is 17.7 Å². The number of fused-ring (bicyclic) bond motifs is 1. The molecule has 208 valence electrons. The Labute approximate surface area is 234 Å². The standard InChI is InChI=1S/C30H35N7O3/c1-2-39-29(38)27(33-30-34-35-36-37(30)21-23-8-4-3-5-9-23)20-22-12-16-26(17-13-22)40-19-7-11-25-15-14-24-10-6-18-31-28(24)32-25/h3-5,8-9,12-17,27H,2,6-7,10-11,18-21H2,1H3,(H,31,32)(H,33,34,36)/t27-/m0/s1. The molecule has 4 aromatic rings. The summed E-state index contributed by atoms with van der Waals surface area (Å²) in [4.78, 5) is 17.5. The van der Waals surface area contributed by atoms with E-state index in [0.717, 1.165) is 60.6 Å². The lowest BCUT2D eigenvalue weighted by molar-refractivity contribution is -0.144. The number of pyridine rings is 1. The second kappa shape index (κ2) is 13.5. The van der Waals surface area contributed by atoms with Crippen molar-refractivity contribution in [2.45, 2.75) is 51.6 Å². The fraction of sp³-hybridized carbons (Fsp3) is 0.367. The number of benzene rings is 2. The van der Waals surface area contributed by atoms with Crippen LogP contribution in [-0.2, 0) is 35.3 Å². The Morgan fingerprint density at radius 2 is 1.93 bits per heavy atom. The third kappa shape index (κ3) is 7.34. The molecule has 0 saturated carbocycles. The molecule has 1 atom stereocenters. The van der Waals surface area contributed by atoms with E-state index in [9.17, 15) is 4.79 Å². The minimum Gasteiger partial charge on any atom is -0.494 e. The van der Waals surface area contributed by atoms with Crippen molar-refractivity contribution in [1.29, 1.82) is 0 Å². The molecule has 0 radical (unpaired) electrons. The maximum atomic E-state index is 12.8. The van der Waals surface area contributed by atoms with E-state index in [1.165, 1.54) is 5.56 Å². The quantitative estimate of drug-likeness (QED) is 0.191. The lowest BCUT2D eigenvalue weighted by Crippen LogP contribution is -2.34. The minimum atomic E-state index is -0.647. The van der Waals surface area contributed by atoms with Gasteiger partial charge in [-0.05, 0) is 77.9 Å². The highest BCUT2D eigenvalue weighted by molar-refractivity contribution is 5.79. The lowest BCUT2D eigenvalue weighted by Gasteiger charge is -2.18. The zero-order valence-electron chi connectivity index (χ0n) is 22.8. The Balaban J connectivity index is 1.14.